The zero-order valence-electron chi connectivity index (χ0n) is 15.3. The number of carbonyl (C=O) groups is 2. The van der Waals surface area contributed by atoms with Gasteiger partial charge in [-0.25, -0.2) is 4.79 Å². The molecule has 2 heterocycles. The minimum atomic E-state index is -0.948. The summed E-state index contributed by atoms with van der Waals surface area (Å²) in [6, 6.07) is 10.3. The monoisotopic (exact) mass is 355 g/mol. The molecular formula is C20H25N3O3. The quantitative estimate of drug-likeness (QED) is 0.893. The highest BCUT2D eigenvalue weighted by Crippen LogP contribution is 2.26. The molecule has 1 saturated heterocycles. The third kappa shape index (κ3) is 3.79. The van der Waals surface area contributed by atoms with E-state index in [0.29, 0.717) is 25.2 Å². The summed E-state index contributed by atoms with van der Waals surface area (Å²) < 4.78 is 1.80. The SMILES string of the molecule is Cc1c(C(=O)O)cnn1C1CCN(C(=O)CC(C)c2ccccc2)CC1. The van der Waals surface area contributed by atoms with Crippen molar-refractivity contribution in [3.8, 4) is 0 Å². The van der Waals surface area contributed by atoms with Gasteiger partial charge in [0.25, 0.3) is 0 Å². The van der Waals surface area contributed by atoms with E-state index in [1.807, 2.05) is 23.1 Å². The van der Waals surface area contributed by atoms with Gasteiger partial charge in [-0.05, 0) is 31.2 Å². The lowest BCUT2D eigenvalue weighted by Crippen LogP contribution is -2.39. The second-order valence-corrected chi connectivity index (χ2v) is 7.02. The van der Waals surface area contributed by atoms with Gasteiger partial charge in [-0.3, -0.25) is 9.48 Å². The van der Waals surface area contributed by atoms with Crippen LogP contribution in [0, 0.1) is 6.92 Å². The number of hydrogen-bond donors (Lipinski definition) is 1. The summed E-state index contributed by atoms with van der Waals surface area (Å²) in [5.74, 6) is -0.563. The van der Waals surface area contributed by atoms with Gasteiger partial charge in [-0.15, -0.1) is 0 Å². The van der Waals surface area contributed by atoms with E-state index in [1.165, 1.54) is 11.8 Å². The third-order valence-electron chi connectivity index (χ3n) is 5.29. The lowest BCUT2D eigenvalue weighted by molar-refractivity contribution is -0.132. The molecule has 0 spiro atoms. The summed E-state index contributed by atoms with van der Waals surface area (Å²) >= 11 is 0. The first-order chi connectivity index (χ1) is 12.5. The largest absolute Gasteiger partial charge is 0.478 e. The van der Waals surface area contributed by atoms with Gasteiger partial charge >= 0.3 is 5.97 Å². The Morgan fingerprint density at radius 2 is 1.88 bits per heavy atom. The zero-order valence-corrected chi connectivity index (χ0v) is 15.3. The molecule has 1 unspecified atom stereocenters. The normalized spacial score (nSPS) is 16.5. The molecule has 1 aliphatic heterocycles. The Labute approximate surface area is 153 Å². The minimum Gasteiger partial charge on any atom is -0.478 e. The summed E-state index contributed by atoms with van der Waals surface area (Å²) in [4.78, 5) is 25.7. The van der Waals surface area contributed by atoms with Gasteiger partial charge < -0.3 is 10.0 Å². The summed E-state index contributed by atoms with van der Waals surface area (Å²) in [6.07, 6.45) is 3.52. The van der Waals surface area contributed by atoms with E-state index in [1.54, 1.807) is 11.6 Å². The lowest BCUT2D eigenvalue weighted by atomic mass is 9.96. The van der Waals surface area contributed by atoms with E-state index >= 15 is 0 Å². The predicted molar refractivity (Wildman–Crippen MR) is 98.2 cm³/mol. The molecule has 1 aliphatic rings. The van der Waals surface area contributed by atoms with Crippen LogP contribution in [-0.2, 0) is 4.79 Å². The molecular weight excluding hydrogens is 330 g/mol. The molecule has 1 atom stereocenters. The molecule has 1 amide bonds. The van der Waals surface area contributed by atoms with Crippen LogP contribution in [0.25, 0.3) is 0 Å². The smallest absolute Gasteiger partial charge is 0.339 e. The number of likely N-dealkylation sites (tertiary alicyclic amines) is 1. The van der Waals surface area contributed by atoms with Crippen molar-refractivity contribution >= 4 is 11.9 Å². The molecule has 0 bridgehead atoms. The van der Waals surface area contributed by atoms with Gasteiger partial charge in [0.05, 0.1) is 17.9 Å². The Hall–Kier alpha value is -2.63. The first-order valence-electron chi connectivity index (χ1n) is 9.07. The van der Waals surface area contributed by atoms with Crippen molar-refractivity contribution in [2.75, 3.05) is 13.1 Å². The molecule has 0 radical (unpaired) electrons. The Balaban J connectivity index is 1.56. The first kappa shape index (κ1) is 18.2. The van der Waals surface area contributed by atoms with Crippen LogP contribution >= 0.6 is 0 Å². The fourth-order valence-electron chi connectivity index (χ4n) is 3.65. The molecule has 1 aromatic heterocycles. The second-order valence-electron chi connectivity index (χ2n) is 7.02. The summed E-state index contributed by atoms with van der Waals surface area (Å²) in [5, 5.41) is 13.4. The molecule has 0 saturated carbocycles. The fraction of sp³-hybridized carbons (Fsp3) is 0.450. The maximum Gasteiger partial charge on any atom is 0.339 e. The Morgan fingerprint density at radius 1 is 1.23 bits per heavy atom. The Morgan fingerprint density at radius 3 is 2.46 bits per heavy atom. The van der Waals surface area contributed by atoms with Crippen LogP contribution in [0.15, 0.2) is 36.5 Å². The van der Waals surface area contributed by atoms with Crippen molar-refractivity contribution in [1.29, 1.82) is 0 Å². The molecule has 1 aromatic carbocycles. The number of piperidine rings is 1. The highest BCUT2D eigenvalue weighted by atomic mass is 16.4. The molecule has 6 nitrogen and oxygen atoms in total. The number of aromatic nitrogens is 2. The third-order valence-corrected chi connectivity index (χ3v) is 5.29. The van der Waals surface area contributed by atoms with Crippen LogP contribution in [0.5, 0.6) is 0 Å². The molecule has 3 rings (SSSR count). The highest BCUT2D eigenvalue weighted by molar-refractivity contribution is 5.88. The predicted octanol–water partition coefficient (Wildman–Crippen LogP) is 3.25. The van der Waals surface area contributed by atoms with Gasteiger partial charge in [0, 0.05) is 19.5 Å². The number of nitrogens with zero attached hydrogens (tertiary/aromatic N) is 3. The van der Waals surface area contributed by atoms with Crippen molar-refractivity contribution < 1.29 is 14.7 Å². The molecule has 1 fully saturated rings. The maximum atomic E-state index is 12.6. The topological polar surface area (TPSA) is 75.4 Å². The van der Waals surface area contributed by atoms with Crippen LogP contribution in [0.3, 0.4) is 0 Å². The van der Waals surface area contributed by atoms with E-state index < -0.39 is 5.97 Å². The number of rotatable bonds is 5. The molecule has 1 N–H and O–H groups in total. The molecule has 0 aliphatic carbocycles. The highest BCUT2D eigenvalue weighted by Gasteiger charge is 2.27. The van der Waals surface area contributed by atoms with Gasteiger partial charge in [0.2, 0.25) is 5.91 Å². The lowest BCUT2D eigenvalue weighted by Gasteiger charge is -2.33. The maximum absolute atomic E-state index is 12.6. The number of hydrogen-bond acceptors (Lipinski definition) is 3. The second kappa shape index (κ2) is 7.72. The van der Waals surface area contributed by atoms with E-state index in [9.17, 15) is 9.59 Å². The van der Waals surface area contributed by atoms with Crippen LogP contribution in [0.4, 0.5) is 0 Å². The van der Waals surface area contributed by atoms with Crippen molar-refractivity contribution in [2.45, 2.75) is 45.1 Å². The average Bonchev–Trinajstić information content (AvgIpc) is 3.04. The number of benzene rings is 1. The van der Waals surface area contributed by atoms with Crippen molar-refractivity contribution in [2.24, 2.45) is 0 Å². The fourth-order valence-corrected chi connectivity index (χ4v) is 3.65. The van der Waals surface area contributed by atoms with Gasteiger partial charge in [0.1, 0.15) is 5.56 Å². The minimum absolute atomic E-state index is 0.152. The van der Waals surface area contributed by atoms with Gasteiger partial charge in [-0.2, -0.15) is 5.10 Å². The van der Waals surface area contributed by atoms with Crippen LogP contribution in [0.1, 0.15) is 59.8 Å². The first-order valence-corrected chi connectivity index (χ1v) is 9.07. The van der Waals surface area contributed by atoms with Gasteiger partial charge in [0.15, 0.2) is 0 Å². The molecule has 26 heavy (non-hydrogen) atoms. The Kier molecular flexibility index (Phi) is 5.40. The summed E-state index contributed by atoms with van der Waals surface area (Å²) in [5.41, 5.74) is 2.12. The van der Waals surface area contributed by atoms with Crippen LogP contribution in [0.2, 0.25) is 0 Å². The Bertz CT molecular complexity index is 777. The molecule has 138 valence electrons. The standard InChI is InChI=1S/C20H25N3O3/c1-14(16-6-4-3-5-7-16)12-19(24)22-10-8-17(9-11-22)23-15(2)18(13-21-23)20(25)26/h3-7,13-14,17H,8-12H2,1-2H3,(H,25,26). The number of carbonyl (C=O) groups excluding carboxylic acids is 1. The number of carboxylic acids is 1. The number of amides is 1. The van der Waals surface area contributed by atoms with E-state index in [-0.39, 0.29) is 23.4 Å². The molecule has 2 aromatic rings. The van der Waals surface area contributed by atoms with Crippen LogP contribution < -0.4 is 0 Å². The molecule has 6 heteroatoms. The van der Waals surface area contributed by atoms with Crippen molar-refractivity contribution in [3.05, 3.63) is 53.3 Å². The van der Waals surface area contributed by atoms with E-state index in [4.69, 9.17) is 5.11 Å². The average molecular weight is 355 g/mol. The van der Waals surface area contributed by atoms with E-state index in [0.717, 1.165) is 12.8 Å². The van der Waals surface area contributed by atoms with E-state index in [2.05, 4.69) is 24.2 Å². The number of carboxylic acid groups (broad SMARTS) is 1. The summed E-state index contributed by atoms with van der Waals surface area (Å²) in [6.45, 7) is 5.25. The summed E-state index contributed by atoms with van der Waals surface area (Å²) in [7, 11) is 0. The van der Waals surface area contributed by atoms with Crippen molar-refractivity contribution in [3.63, 3.8) is 0 Å². The van der Waals surface area contributed by atoms with Gasteiger partial charge in [-0.1, -0.05) is 37.3 Å². The zero-order chi connectivity index (χ0) is 18.7. The van der Waals surface area contributed by atoms with Crippen molar-refractivity contribution in [1.82, 2.24) is 14.7 Å². The van der Waals surface area contributed by atoms with Crippen LogP contribution in [-0.4, -0.2) is 44.8 Å². The number of aromatic carboxylic acids is 1.